The van der Waals surface area contributed by atoms with Crippen LogP contribution in [0.4, 0.5) is 0 Å². The lowest BCUT2D eigenvalue weighted by atomic mass is 9.83. The van der Waals surface area contributed by atoms with Crippen molar-refractivity contribution in [2.75, 3.05) is 18.8 Å². The lowest BCUT2D eigenvalue weighted by molar-refractivity contribution is -0.0141. The van der Waals surface area contributed by atoms with E-state index in [0.29, 0.717) is 43.7 Å². The third-order valence-corrected chi connectivity index (χ3v) is 5.62. The Labute approximate surface area is 154 Å². The van der Waals surface area contributed by atoms with Crippen molar-refractivity contribution < 1.29 is 17.9 Å². The molecule has 0 aromatic heterocycles. The smallest absolute Gasteiger partial charge is 0.224 e. The number of nitrogens with zero attached hydrogens (tertiary/aromatic N) is 1. The van der Waals surface area contributed by atoms with E-state index in [2.05, 4.69) is 4.83 Å². The topological polar surface area (TPSA) is 75.7 Å². The number of sulfonamides is 1. The number of halogens is 2. The number of Topliss-reactive ketones (excluding diaryl/α,β-unsaturated/α-hetero) is 1. The summed E-state index contributed by atoms with van der Waals surface area (Å²) in [7, 11) is -3.25. The molecule has 1 fully saturated rings. The fourth-order valence-corrected chi connectivity index (χ4v) is 3.69. The fourth-order valence-electron chi connectivity index (χ4n) is 2.99. The van der Waals surface area contributed by atoms with Crippen molar-refractivity contribution in [3.63, 3.8) is 0 Å². The summed E-state index contributed by atoms with van der Waals surface area (Å²) >= 11 is 0. The summed E-state index contributed by atoms with van der Waals surface area (Å²) < 4.78 is 29.3. The highest BCUT2D eigenvalue weighted by atomic mass is 35.5. The van der Waals surface area contributed by atoms with Crippen LogP contribution >= 0.6 is 24.8 Å². The standard InChI is InChI=1S/C15H20N2O4S.2ClH/c1-2-22(19,20)16-17-9-7-15(8-10-17)11-13(18)12-5-3-4-6-14(12)21-15;;/h3-6,16H,2,7-11H2,1H3;2*1H. The molecule has 2 heterocycles. The second-order valence-electron chi connectivity index (χ2n) is 5.86. The fraction of sp³-hybridized carbons (Fsp3) is 0.533. The SMILES string of the molecule is CCS(=O)(=O)NN1CCC2(CC1)CC(=O)c1ccccc1O2.Cl.Cl. The highest BCUT2D eigenvalue weighted by molar-refractivity contribution is 7.89. The Bertz CT molecular complexity index is 688. The van der Waals surface area contributed by atoms with Crippen LogP contribution in [-0.2, 0) is 10.0 Å². The highest BCUT2D eigenvalue weighted by Crippen LogP contribution is 2.38. The van der Waals surface area contributed by atoms with Gasteiger partial charge in [-0.25, -0.2) is 13.4 Å². The summed E-state index contributed by atoms with van der Waals surface area (Å²) in [5.41, 5.74) is 0.141. The highest BCUT2D eigenvalue weighted by Gasteiger charge is 2.43. The number of carbonyl (C=O) groups excluding carboxylic acids is 1. The number of carbonyl (C=O) groups is 1. The van der Waals surface area contributed by atoms with E-state index in [9.17, 15) is 13.2 Å². The molecule has 0 aliphatic carbocycles. The zero-order valence-corrected chi connectivity index (χ0v) is 15.8. The normalized spacial score (nSPS) is 19.6. The van der Waals surface area contributed by atoms with Crippen molar-refractivity contribution in [2.24, 2.45) is 0 Å². The molecule has 0 radical (unpaired) electrons. The van der Waals surface area contributed by atoms with Crippen molar-refractivity contribution in [2.45, 2.75) is 31.8 Å². The number of benzene rings is 1. The van der Waals surface area contributed by atoms with Crippen molar-refractivity contribution >= 4 is 40.6 Å². The van der Waals surface area contributed by atoms with Gasteiger partial charge in [-0.2, -0.15) is 0 Å². The molecule has 0 bridgehead atoms. The first-order chi connectivity index (χ1) is 10.4. The molecule has 1 aromatic carbocycles. The number of fused-ring (bicyclic) bond motifs is 1. The van der Waals surface area contributed by atoms with Gasteiger partial charge in [0.05, 0.1) is 17.7 Å². The van der Waals surface area contributed by atoms with Crippen molar-refractivity contribution in [1.82, 2.24) is 9.84 Å². The molecular formula is C15H22Cl2N2O4S. The number of hydrazine groups is 1. The van der Waals surface area contributed by atoms with Gasteiger partial charge in [-0.3, -0.25) is 4.79 Å². The molecule has 1 aromatic rings. The predicted octanol–water partition coefficient (Wildman–Crippen LogP) is 2.18. The Morgan fingerprint density at radius 1 is 1.21 bits per heavy atom. The first-order valence-electron chi connectivity index (χ1n) is 7.49. The van der Waals surface area contributed by atoms with Gasteiger partial charge in [0.25, 0.3) is 0 Å². The van der Waals surface area contributed by atoms with Crippen molar-refractivity contribution in [3.8, 4) is 5.75 Å². The number of para-hydroxylation sites is 1. The average Bonchev–Trinajstić information content (AvgIpc) is 2.50. The molecule has 1 saturated heterocycles. The Hall–Kier alpha value is -0.860. The van der Waals surface area contributed by atoms with Gasteiger partial charge in [-0.1, -0.05) is 12.1 Å². The van der Waals surface area contributed by atoms with Gasteiger partial charge in [-0.15, -0.1) is 29.6 Å². The van der Waals surface area contributed by atoms with Crippen LogP contribution in [0.3, 0.4) is 0 Å². The van der Waals surface area contributed by atoms with Crippen molar-refractivity contribution in [1.29, 1.82) is 0 Å². The monoisotopic (exact) mass is 396 g/mol. The second kappa shape index (κ2) is 8.01. The number of piperidine rings is 1. The molecule has 1 N–H and O–H groups in total. The number of hydrogen-bond acceptors (Lipinski definition) is 5. The average molecular weight is 397 g/mol. The molecule has 0 unspecified atom stereocenters. The first-order valence-corrected chi connectivity index (χ1v) is 9.15. The number of hydrogen-bond donors (Lipinski definition) is 1. The van der Waals surface area contributed by atoms with Crippen LogP contribution in [0, 0.1) is 0 Å². The zero-order valence-electron chi connectivity index (χ0n) is 13.4. The summed E-state index contributed by atoms with van der Waals surface area (Å²) in [5, 5.41) is 1.69. The number of ketones is 1. The summed E-state index contributed by atoms with van der Waals surface area (Å²) in [6.45, 7) is 2.68. The van der Waals surface area contributed by atoms with Crippen LogP contribution in [0.25, 0.3) is 0 Å². The van der Waals surface area contributed by atoms with E-state index in [1.807, 2.05) is 18.2 Å². The Morgan fingerprint density at radius 3 is 2.46 bits per heavy atom. The van der Waals surface area contributed by atoms with Gasteiger partial charge in [0, 0.05) is 25.9 Å². The molecule has 0 amide bonds. The number of rotatable bonds is 3. The number of ether oxygens (including phenoxy) is 1. The van der Waals surface area contributed by atoms with Gasteiger partial charge < -0.3 is 4.74 Å². The maximum atomic E-state index is 12.3. The maximum Gasteiger partial charge on any atom is 0.224 e. The van der Waals surface area contributed by atoms with E-state index >= 15 is 0 Å². The largest absolute Gasteiger partial charge is 0.486 e. The first kappa shape index (κ1) is 21.2. The van der Waals surface area contributed by atoms with E-state index < -0.39 is 15.6 Å². The molecule has 2 aliphatic rings. The van der Waals surface area contributed by atoms with Gasteiger partial charge in [-0.05, 0) is 19.1 Å². The lowest BCUT2D eigenvalue weighted by Gasteiger charge is -2.43. The molecule has 24 heavy (non-hydrogen) atoms. The molecule has 0 saturated carbocycles. The van der Waals surface area contributed by atoms with Crippen LogP contribution in [-0.4, -0.2) is 43.7 Å². The predicted molar refractivity (Wildman–Crippen MR) is 96.6 cm³/mol. The van der Waals surface area contributed by atoms with E-state index in [1.165, 1.54) is 0 Å². The third-order valence-electron chi connectivity index (χ3n) is 4.32. The molecule has 136 valence electrons. The van der Waals surface area contributed by atoms with Gasteiger partial charge in [0.15, 0.2) is 5.78 Å². The van der Waals surface area contributed by atoms with Crippen LogP contribution in [0.5, 0.6) is 5.75 Å². The zero-order chi connectivity index (χ0) is 15.8. The van der Waals surface area contributed by atoms with Crippen LogP contribution in [0.2, 0.25) is 0 Å². The maximum absolute atomic E-state index is 12.3. The number of nitrogens with one attached hydrogen (secondary N) is 1. The molecule has 9 heteroatoms. The second-order valence-corrected chi connectivity index (χ2v) is 7.85. The van der Waals surface area contributed by atoms with Crippen molar-refractivity contribution in [3.05, 3.63) is 29.8 Å². The van der Waals surface area contributed by atoms with E-state index in [0.717, 1.165) is 0 Å². The van der Waals surface area contributed by atoms with E-state index in [-0.39, 0.29) is 36.4 Å². The minimum atomic E-state index is -3.25. The summed E-state index contributed by atoms with van der Waals surface area (Å²) in [6.07, 6.45) is 1.61. The quantitative estimate of drug-likeness (QED) is 0.846. The van der Waals surface area contributed by atoms with Gasteiger partial charge in [0.2, 0.25) is 10.0 Å². The summed E-state index contributed by atoms with van der Waals surface area (Å²) in [4.78, 5) is 14.9. The summed E-state index contributed by atoms with van der Waals surface area (Å²) in [6, 6.07) is 7.30. The Morgan fingerprint density at radius 2 is 1.83 bits per heavy atom. The molecule has 3 rings (SSSR count). The van der Waals surface area contributed by atoms with Gasteiger partial charge >= 0.3 is 0 Å². The van der Waals surface area contributed by atoms with Gasteiger partial charge in [0.1, 0.15) is 11.4 Å². The molecule has 1 spiro atoms. The summed E-state index contributed by atoms with van der Waals surface area (Å²) in [5.74, 6) is 0.794. The third kappa shape index (κ3) is 4.40. The van der Waals surface area contributed by atoms with E-state index in [4.69, 9.17) is 4.74 Å². The van der Waals surface area contributed by atoms with Crippen LogP contribution < -0.4 is 9.57 Å². The van der Waals surface area contributed by atoms with Crippen LogP contribution in [0.1, 0.15) is 36.5 Å². The molecule has 0 atom stereocenters. The van der Waals surface area contributed by atoms with E-state index in [1.54, 1.807) is 18.0 Å². The Balaban J connectivity index is 0.00000144. The molecular weight excluding hydrogens is 375 g/mol. The molecule has 6 nitrogen and oxygen atoms in total. The minimum absolute atomic E-state index is 0. The minimum Gasteiger partial charge on any atom is -0.486 e. The molecule has 2 aliphatic heterocycles. The van der Waals surface area contributed by atoms with Crippen LogP contribution in [0.15, 0.2) is 24.3 Å². The lowest BCUT2D eigenvalue weighted by Crippen LogP contribution is -2.55. The Kier molecular flexibility index (Phi) is 7.07.